The molecule has 0 aromatic rings. The molecule has 2 amide bonds. The van der Waals surface area contributed by atoms with E-state index < -0.39 is 0 Å². The molecule has 1 aliphatic carbocycles. The quantitative estimate of drug-likeness (QED) is 0.670. The number of hydrogen-bond acceptors (Lipinski definition) is 2. The molecule has 1 fully saturated rings. The zero-order valence-corrected chi connectivity index (χ0v) is 9.88. The Morgan fingerprint density at radius 3 is 2.53 bits per heavy atom. The highest BCUT2D eigenvalue weighted by Gasteiger charge is 2.13. The van der Waals surface area contributed by atoms with Crippen LogP contribution in [0.3, 0.4) is 0 Å². The SMILES string of the molecule is CN(C)C(=O)NCCNCC1CCCC1. The lowest BCUT2D eigenvalue weighted by atomic mass is 10.1. The minimum atomic E-state index is -0.0160. The van der Waals surface area contributed by atoms with Crippen LogP contribution in [0.25, 0.3) is 0 Å². The number of rotatable bonds is 5. The van der Waals surface area contributed by atoms with Crippen molar-refractivity contribution in [3.05, 3.63) is 0 Å². The Kier molecular flexibility index (Phi) is 5.47. The van der Waals surface area contributed by atoms with E-state index in [0.717, 1.165) is 19.0 Å². The van der Waals surface area contributed by atoms with Crippen LogP contribution in [-0.2, 0) is 0 Å². The van der Waals surface area contributed by atoms with Crippen LogP contribution in [0.4, 0.5) is 4.79 Å². The minimum Gasteiger partial charge on any atom is -0.337 e. The van der Waals surface area contributed by atoms with Gasteiger partial charge in [0, 0.05) is 27.2 Å². The van der Waals surface area contributed by atoms with Crippen LogP contribution < -0.4 is 10.6 Å². The molecule has 88 valence electrons. The van der Waals surface area contributed by atoms with Crippen molar-refractivity contribution in [3.63, 3.8) is 0 Å². The van der Waals surface area contributed by atoms with E-state index in [1.165, 1.54) is 25.7 Å². The van der Waals surface area contributed by atoms with Gasteiger partial charge in [-0.2, -0.15) is 0 Å². The van der Waals surface area contributed by atoms with Gasteiger partial charge < -0.3 is 15.5 Å². The minimum absolute atomic E-state index is 0.0160. The molecular formula is C11H23N3O. The van der Waals surface area contributed by atoms with Gasteiger partial charge in [0.25, 0.3) is 0 Å². The van der Waals surface area contributed by atoms with Crippen molar-refractivity contribution in [1.29, 1.82) is 0 Å². The molecule has 1 saturated carbocycles. The van der Waals surface area contributed by atoms with E-state index in [9.17, 15) is 4.79 Å². The summed E-state index contributed by atoms with van der Waals surface area (Å²) in [5.41, 5.74) is 0. The summed E-state index contributed by atoms with van der Waals surface area (Å²) in [6.07, 6.45) is 5.53. The van der Waals surface area contributed by atoms with Crippen LogP contribution in [0.1, 0.15) is 25.7 Å². The summed E-state index contributed by atoms with van der Waals surface area (Å²) in [5.74, 6) is 0.870. The summed E-state index contributed by atoms with van der Waals surface area (Å²) in [6, 6.07) is -0.0160. The second-order valence-corrected chi connectivity index (χ2v) is 4.48. The molecule has 0 unspecified atom stereocenters. The maximum Gasteiger partial charge on any atom is 0.316 e. The fraction of sp³-hybridized carbons (Fsp3) is 0.909. The first-order chi connectivity index (χ1) is 7.20. The van der Waals surface area contributed by atoms with Gasteiger partial charge in [0.2, 0.25) is 0 Å². The van der Waals surface area contributed by atoms with E-state index in [0.29, 0.717) is 6.54 Å². The average Bonchev–Trinajstić information content (AvgIpc) is 2.69. The van der Waals surface area contributed by atoms with Crippen LogP contribution in [0.2, 0.25) is 0 Å². The molecule has 0 bridgehead atoms. The smallest absolute Gasteiger partial charge is 0.316 e. The predicted octanol–water partition coefficient (Wildman–Crippen LogP) is 1.04. The Balaban J connectivity index is 1.90. The third-order valence-corrected chi connectivity index (χ3v) is 2.89. The van der Waals surface area contributed by atoms with Crippen molar-refractivity contribution in [2.75, 3.05) is 33.7 Å². The van der Waals surface area contributed by atoms with E-state index in [2.05, 4.69) is 10.6 Å². The van der Waals surface area contributed by atoms with Gasteiger partial charge in [0.1, 0.15) is 0 Å². The maximum absolute atomic E-state index is 11.1. The number of nitrogens with zero attached hydrogens (tertiary/aromatic N) is 1. The fourth-order valence-electron chi connectivity index (χ4n) is 1.94. The predicted molar refractivity (Wildman–Crippen MR) is 61.9 cm³/mol. The number of carbonyl (C=O) groups excluding carboxylic acids is 1. The van der Waals surface area contributed by atoms with E-state index >= 15 is 0 Å². The number of nitrogens with one attached hydrogen (secondary N) is 2. The molecule has 4 heteroatoms. The molecule has 0 aromatic carbocycles. The second-order valence-electron chi connectivity index (χ2n) is 4.48. The van der Waals surface area contributed by atoms with Crippen LogP contribution in [0.15, 0.2) is 0 Å². The van der Waals surface area contributed by atoms with Crippen molar-refractivity contribution in [3.8, 4) is 0 Å². The Morgan fingerprint density at radius 2 is 1.93 bits per heavy atom. The summed E-state index contributed by atoms with van der Waals surface area (Å²) >= 11 is 0. The monoisotopic (exact) mass is 213 g/mol. The second kappa shape index (κ2) is 6.67. The van der Waals surface area contributed by atoms with Gasteiger partial charge in [-0.3, -0.25) is 0 Å². The first kappa shape index (κ1) is 12.3. The molecule has 0 saturated heterocycles. The van der Waals surface area contributed by atoms with Gasteiger partial charge in [0.05, 0.1) is 0 Å². The summed E-state index contributed by atoms with van der Waals surface area (Å²) < 4.78 is 0. The summed E-state index contributed by atoms with van der Waals surface area (Å²) in [6.45, 7) is 2.69. The Bertz CT molecular complexity index is 188. The zero-order valence-electron chi connectivity index (χ0n) is 9.88. The molecule has 1 aliphatic rings. The van der Waals surface area contributed by atoms with Gasteiger partial charge >= 0.3 is 6.03 Å². The number of urea groups is 1. The Morgan fingerprint density at radius 1 is 1.27 bits per heavy atom. The molecule has 0 aromatic heterocycles. The van der Waals surface area contributed by atoms with Crippen LogP contribution in [0, 0.1) is 5.92 Å². The lowest BCUT2D eigenvalue weighted by Crippen LogP contribution is -2.39. The number of amides is 2. The van der Waals surface area contributed by atoms with Gasteiger partial charge in [-0.05, 0) is 25.3 Å². The fourth-order valence-corrected chi connectivity index (χ4v) is 1.94. The normalized spacial score (nSPS) is 16.7. The lowest BCUT2D eigenvalue weighted by molar-refractivity contribution is 0.217. The topological polar surface area (TPSA) is 44.4 Å². The third-order valence-electron chi connectivity index (χ3n) is 2.89. The van der Waals surface area contributed by atoms with Crippen molar-refractivity contribution in [2.24, 2.45) is 5.92 Å². The largest absolute Gasteiger partial charge is 0.337 e. The summed E-state index contributed by atoms with van der Waals surface area (Å²) in [7, 11) is 3.50. The van der Waals surface area contributed by atoms with Crippen LogP contribution in [-0.4, -0.2) is 44.7 Å². The van der Waals surface area contributed by atoms with E-state index in [4.69, 9.17) is 0 Å². The standard InChI is InChI=1S/C11H23N3O/c1-14(2)11(15)13-8-7-12-9-10-5-3-4-6-10/h10,12H,3-9H2,1-2H3,(H,13,15). The van der Waals surface area contributed by atoms with Crippen LogP contribution in [0.5, 0.6) is 0 Å². The highest BCUT2D eigenvalue weighted by atomic mass is 16.2. The van der Waals surface area contributed by atoms with Crippen molar-refractivity contribution in [1.82, 2.24) is 15.5 Å². The molecule has 15 heavy (non-hydrogen) atoms. The van der Waals surface area contributed by atoms with Crippen molar-refractivity contribution >= 4 is 6.03 Å². The number of hydrogen-bond donors (Lipinski definition) is 2. The Hall–Kier alpha value is -0.770. The molecule has 4 nitrogen and oxygen atoms in total. The molecule has 1 rings (SSSR count). The maximum atomic E-state index is 11.1. The van der Waals surface area contributed by atoms with Gasteiger partial charge in [-0.15, -0.1) is 0 Å². The molecule has 0 spiro atoms. The summed E-state index contributed by atoms with van der Waals surface area (Å²) in [4.78, 5) is 12.7. The molecular weight excluding hydrogens is 190 g/mol. The first-order valence-corrected chi connectivity index (χ1v) is 5.86. The highest BCUT2D eigenvalue weighted by Crippen LogP contribution is 2.23. The van der Waals surface area contributed by atoms with Gasteiger partial charge in [-0.25, -0.2) is 4.79 Å². The molecule has 0 radical (unpaired) electrons. The van der Waals surface area contributed by atoms with Crippen molar-refractivity contribution in [2.45, 2.75) is 25.7 Å². The summed E-state index contributed by atoms with van der Waals surface area (Å²) in [5, 5.41) is 6.22. The van der Waals surface area contributed by atoms with Crippen LogP contribution >= 0.6 is 0 Å². The van der Waals surface area contributed by atoms with Gasteiger partial charge in [0.15, 0.2) is 0 Å². The Labute approximate surface area is 92.4 Å². The lowest BCUT2D eigenvalue weighted by Gasteiger charge is -2.13. The number of carbonyl (C=O) groups is 1. The molecule has 2 N–H and O–H groups in total. The zero-order chi connectivity index (χ0) is 11.1. The molecule has 0 heterocycles. The average molecular weight is 213 g/mol. The van der Waals surface area contributed by atoms with E-state index in [1.807, 2.05) is 0 Å². The van der Waals surface area contributed by atoms with Crippen molar-refractivity contribution < 1.29 is 4.79 Å². The van der Waals surface area contributed by atoms with E-state index in [-0.39, 0.29) is 6.03 Å². The first-order valence-electron chi connectivity index (χ1n) is 5.86. The molecule has 0 atom stereocenters. The molecule has 0 aliphatic heterocycles. The van der Waals surface area contributed by atoms with Gasteiger partial charge in [-0.1, -0.05) is 12.8 Å². The third kappa shape index (κ3) is 5.02. The highest BCUT2D eigenvalue weighted by molar-refractivity contribution is 5.73. The van der Waals surface area contributed by atoms with E-state index in [1.54, 1.807) is 19.0 Å².